The average molecular weight is 619 g/mol. The number of nitrogens with two attached hydrogens (primary N) is 1. The van der Waals surface area contributed by atoms with Gasteiger partial charge in [-0.05, 0) is 126 Å². The molecule has 2 saturated heterocycles. The number of nitrogens with zero attached hydrogens (tertiary/aromatic N) is 3. The Morgan fingerprint density at radius 1 is 0.913 bits per heavy atom. The lowest BCUT2D eigenvalue weighted by Crippen LogP contribution is -2.68. The molecule has 3 N–H and O–H groups in total. The van der Waals surface area contributed by atoms with Gasteiger partial charge < -0.3 is 15.7 Å². The Kier molecular flexibility index (Phi) is 9.90. The van der Waals surface area contributed by atoms with Gasteiger partial charge >= 0.3 is 0 Å². The van der Waals surface area contributed by atoms with E-state index < -0.39 is 0 Å². The van der Waals surface area contributed by atoms with E-state index in [0.717, 1.165) is 80.4 Å². The standard InChI is InChI=1S/C41H54N4O/c42-24-21-33-34-17-10-12-23-41-30-44-25-13-8-6-4-2-1-3-5-7-9-16-31-28-32(36(41)22-27-44)29-45(40(31)41)26-14-11-19-37(34)43-39-35(33)18-15-20-38(39)46/h1-2,5-8,10,15,17-18,20,28,32,36,40,46H,3-4,9,11-14,16,19,21-27,29-30,42H2/b2-1-,7-5-,8-6-,17-10-. The summed E-state index contributed by atoms with van der Waals surface area (Å²) in [5, 5.41) is 11.8. The zero-order valence-corrected chi connectivity index (χ0v) is 27.8. The molecule has 5 aliphatic heterocycles. The number of phenolic OH excluding ortho intramolecular Hbond substituents is 1. The van der Waals surface area contributed by atoms with Crippen LogP contribution in [-0.4, -0.2) is 65.2 Å². The third-order valence-corrected chi connectivity index (χ3v) is 11.7. The van der Waals surface area contributed by atoms with Crippen molar-refractivity contribution in [3.8, 4) is 5.75 Å². The largest absolute Gasteiger partial charge is 0.506 e. The number of rotatable bonds is 2. The molecule has 0 saturated carbocycles. The van der Waals surface area contributed by atoms with Gasteiger partial charge in [0, 0.05) is 42.2 Å². The van der Waals surface area contributed by atoms with Crippen molar-refractivity contribution in [1.82, 2.24) is 14.8 Å². The second kappa shape index (κ2) is 14.4. The van der Waals surface area contributed by atoms with Crippen molar-refractivity contribution in [2.24, 2.45) is 23.0 Å². The molecule has 0 radical (unpaired) electrons. The van der Waals surface area contributed by atoms with Crippen LogP contribution < -0.4 is 5.73 Å². The monoisotopic (exact) mass is 618 g/mol. The maximum atomic E-state index is 10.8. The van der Waals surface area contributed by atoms with Crippen LogP contribution >= 0.6 is 0 Å². The van der Waals surface area contributed by atoms with Crippen LogP contribution in [0.4, 0.5) is 0 Å². The molecule has 2 aromatic rings. The minimum atomic E-state index is 0.270. The van der Waals surface area contributed by atoms with Gasteiger partial charge in [0.1, 0.15) is 11.3 Å². The highest BCUT2D eigenvalue weighted by atomic mass is 16.3. The number of fused-ring (bicyclic) bond motifs is 3. The summed E-state index contributed by atoms with van der Waals surface area (Å²) in [6, 6.07) is 6.35. The summed E-state index contributed by atoms with van der Waals surface area (Å²) in [6.07, 6.45) is 35.0. The Bertz CT molecular complexity index is 1530. The van der Waals surface area contributed by atoms with E-state index in [2.05, 4.69) is 70.6 Å². The van der Waals surface area contributed by atoms with Crippen LogP contribution in [0.1, 0.15) is 81.0 Å². The van der Waals surface area contributed by atoms with Crippen molar-refractivity contribution < 1.29 is 5.11 Å². The molecule has 1 aromatic carbocycles. The fraction of sp³-hybridized carbons (Fsp3) is 0.537. The quantitative estimate of drug-likeness (QED) is 0.337. The fourth-order valence-electron chi connectivity index (χ4n) is 9.84. The maximum absolute atomic E-state index is 10.8. The van der Waals surface area contributed by atoms with Crippen molar-refractivity contribution in [3.05, 3.63) is 89.2 Å². The Morgan fingerprint density at radius 2 is 1.76 bits per heavy atom. The second-order valence-corrected chi connectivity index (χ2v) is 14.5. The van der Waals surface area contributed by atoms with Gasteiger partial charge in [-0.15, -0.1) is 0 Å². The summed E-state index contributed by atoms with van der Waals surface area (Å²) in [7, 11) is 0. The number of piperidine rings is 2. The van der Waals surface area contributed by atoms with Crippen LogP contribution in [0.3, 0.4) is 0 Å². The van der Waals surface area contributed by atoms with Gasteiger partial charge in [-0.25, -0.2) is 4.98 Å². The molecule has 244 valence electrons. The highest BCUT2D eigenvalue weighted by Crippen LogP contribution is 2.57. The van der Waals surface area contributed by atoms with Crippen LogP contribution in [-0.2, 0) is 12.8 Å². The molecule has 0 amide bonds. The number of aryl methyl sites for hydroxylation is 1. The van der Waals surface area contributed by atoms with E-state index in [0.29, 0.717) is 23.9 Å². The van der Waals surface area contributed by atoms with Crippen LogP contribution in [0.2, 0.25) is 0 Å². The summed E-state index contributed by atoms with van der Waals surface area (Å²) < 4.78 is 0. The summed E-state index contributed by atoms with van der Waals surface area (Å²) >= 11 is 0. The van der Waals surface area contributed by atoms with Gasteiger partial charge in [0.25, 0.3) is 0 Å². The predicted octanol–water partition coefficient (Wildman–Crippen LogP) is 7.75. The summed E-state index contributed by atoms with van der Waals surface area (Å²) in [6.45, 7) is 6.62. The van der Waals surface area contributed by atoms with Crippen LogP contribution in [0.25, 0.3) is 17.0 Å². The Labute approximate surface area is 276 Å². The third kappa shape index (κ3) is 6.31. The van der Waals surface area contributed by atoms with Crippen LogP contribution in [0.15, 0.2) is 72.4 Å². The lowest BCUT2D eigenvalue weighted by Gasteiger charge is -2.64. The van der Waals surface area contributed by atoms with Crippen molar-refractivity contribution in [2.75, 3.05) is 39.3 Å². The molecular formula is C41H54N4O. The summed E-state index contributed by atoms with van der Waals surface area (Å²) in [5.74, 6) is 1.72. The van der Waals surface area contributed by atoms with E-state index in [4.69, 9.17) is 10.7 Å². The van der Waals surface area contributed by atoms with Gasteiger partial charge in [0.2, 0.25) is 0 Å². The number of hydrogen-bond donors (Lipinski definition) is 2. The normalized spacial score (nSPS) is 34.6. The van der Waals surface area contributed by atoms with Crippen LogP contribution in [0.5, 0.6) is 5.75 Å². The number of phenols is 1. The summed E-state index contributed by atoms with van der Waals surface area (Å²) in [4.78, 5) is 10.9. The van der Waals surface area contributed by atoms with Crippen molar-refractivity contribution in [2.45, 2.75) is 83.1 Å². The smallest absolute Gasteiger partial charge is 0.141 e. The highest BCUT2D eigenvalue weighted by molar-refractivity contribution is 5.90. The number of para-hydroxylation sites is 1. The van der Waals surface area contributed by atoms with Crippen LogP contribution in [0, 0.1) is 17.3 Å². The van der Waals surface area contributed by atoms with Gasteiger partial charge in [-0.2, -0.15) is 0 Å². The maximum Gasteiger partial charge on any atom is 0.141 e. The lowest BCUT2D eigenvalue weighted by atomic mass is 9.52. The fourth-order valence-corrected chi connectivity index (χ4v) is 9.84. The average Bonchev–Trinajstić information content (AvgIpc) is 3.07. The molecule has 8 rings (SSSR count). The van der Waals surface area contributed by atoms with Gasteiger partial charge in [-0.1, -0.05) is 72.4 Å². The van der Waals surface area contributed by atoms with E-state index in [1.807, 2.05) is 6.07 Å². The van der Waals surface area contributed by atoms with Crippen molar-refractivity contribution >= 4 is 17.0 Å². The minimum absolute atomic E-state index is 0.270. The van der Waals surface area contributed by atoms with Gasteiger partial charge in [0.05, 0.1) is 0 Å². The zero-order chi connectivity index (χ0) is 31.3. The molecular weight excluding hydrogens is 564 g/mol. The lowest BCUT2D eigenvalue weighted by molar-refractivity contribution is -0.109. The topological polar surface area (TPSA) is 65.6 Å². The zero-order valence-electron chi connectivity index (χ0n) is 27.8. The molecule has 5 heteroatoms. The number of allylic oxidation sites excluding steroid dienone is 6. The van der Waals surface area contributed by atoms with Crippen molar-refractivity contribution in [3.63, 3.8) is 0 Å². The first kappa shape index (κ1) is 31.6. The molecule has 6 aliphatic rings. The first-order chi connectivity index (χ1) is 22.7. The number of hydrogen-bond acceptors (Lipinski definition) is 5. The third-order valence-electron chi connectivity index (χ3n) is 11.7. The highest BCUT2D eigenvalue weighted by Gasteiger charge is 2.58. The molecule has 46 heavy (non-hydrogen) atoms. The molecule has 1 aliphatic carbocycles. The Morgan fingerprint density at radius 3 is 2.63 bits per heavy atom. The van der Waals surface area contributed by atoms with Gasteiger partial charge in [-0.3, -0.25) is 4.90 Å². The molecule has 1 aromatic heterocycles. The Hall–Kier alpha value is -2.99. The SMILES string of the molecule is NCCc1c2c(nc3c(O)cccc13)CCCCN1CC3C=C4CC/C=C\C/C=C\C/C=C\CCN5CCC3C(CC/C=C\2)(C5)C41. The van der Waals surface area contributed by atoms with E-state index in [1.165, 1.54) is 63.0 Å². The van der Waals surface area contributed by atoms with E-state index >= 15 is 0 Å². The molecule has 6 unspecified atom stereocenters. The first-order valence-electron chi connectivity index (χ1n) is 18.3. The van der Waals surface area contributed by atoms with Crippen molar-refractivity contribution in [1.29, 1.82) is 0 Å². The second-order valence-electron chi connectivity index (χ2n) is 14.5. The summed E-state index contributed by atoms with van der Waals surface area (Å²) in [5.41, 5.74) is 12.5. The number of aromatic nitrogens is 1. The minimum Gasteiger partial charge on any atom is -0.506 e. The first-order valence-corrected chi connectivity index (χ1v) is 18.3. The molecule has 6 bridgehead atoms. The predicted molar refractivity (Wildman–Crippen MR) is 192 cm³/mol. The molecule has 6 atom stereocenters. The Balaban J connectivity index is 1.25. The molecule has 1 spiro atoms. The molecule has 5 nitrogen and oxygen atoms in total. The van der Waals surface area contributed by atoms with E-state index in [9.17, 15) is 5.11 Å². The number of pyridine rings is 1. The van der Waals surface area contributed by atoms with E-state index in [1.54, 1.807) is 11.6 Å². The molecule has 6 heterocycles. The molecule has 2 fully saturated rings. The number of benzene rings is 1. The van der Waals surface area contributed by atoms with Gasteiger partial charge in [0.15, 0.2) is 0 Å². The number of aromatic hydroxyl groups is 1. The van der Waals surface area contributed by atoms with E-state index in [-0.39, 0.29) is 5.75 Å².